The standard InChI is InChI=1S/C12H19N3O4S.C7H16N2O4S.C2H8N2O2S.C2H7N/c1-12(2,3)19-11(16)13-20(17,18)15-8-6-10(7-9-15)14(4)5;1-7(2,3)13-6(10)8-14(11,12)9(4)5;1-4(2)7(3,5)6;1-3-2/h6-9H,1-5H3;1-5H3,(H,8,10);1-2H3,(H2,3,5,6);3H,1-2H3/p+1. The molecule has 0 radical (unpaired) electrons. The molecule has 18 nitrogen and oxygen atoms in total. The third-order valence-electron chi connectivity index (χ3n) is 3.79. The van der Waals surface area contributed by atoms with E-state index in [1.54, 1.807) is 58.4 Å². The van der Waals surface area contributed by atoms with E-state index >= 15 is 0 Å². The number of pyridine rings is 1. The van der Waals surface area contributed by atoms with E-state index in [4.69, 9.17) is 9.47 Å². The normalized spacial score (nSPS) is 11.8. The van der Waals surface area contributed by atoms with Crippen molar-refractivity contribution >= 4 is 48.5 Å². The van der Waals surface area contributed by atoms with Crippen LogP contribution in [0.5, 0.6) is 0 Å². The van der Waals surface area contributed by atoms with Crippen LogP contribution < -0.4 is 28.8 Å². The van der Waals surface area contributed by atoms with Crippen molar-refractivity contribution in [3.05, 3.63) is 24.5 Å². The Morgan fingerprint density at radius 2 is 1.05 bits per heavy atom. The summed E-state index contributed by atoms with van der Waals surface area (Å²) < 4.78 is 82.2. The number of ether oxygens (including phenoxy) is 2. The van der Waals surface area contributed by atoms with Crippen LogP contribution in [-0.4, -0.2) is 114 Å². The predicted molar refractivity (Wildman–Crippen MR) is 168 cm³/mol. The van der Waals surface area contributed by atoms with Gasteiger partial charge in [-0.15, -0.1) is 8.42 Å². The van der Waals surface area contributed by atoms with Gasteiger partial charge in [0.2, 0.25) is 0 Å². The first-order valence-electron chi connectivity index (χ1n) is 12.6. The van der Waals surface area contributed by atoms with Crippen molar-refractivity contribution in [1.82, 2.24) is 23.4 Å². The Kier molecular flexibility index (Phi) is 19.6. The highest BCUT2D eigenvalue weighted by Gasteiger charge is 2.28. The van der Waals surface area contributed by atoms with E-state index in [0.29, 0.717) is 0 Å². The lowest BCUT2D eigenvalue weighted by Crippen LogP contribution is -2.52. The molecule has 0 atom stereocenters. The fraction of sp³-hybridized carbons (Fsp3) is 0.696. The minimum absolute atomic E-state index is 0.716. The number of nitrogens with zero attached hydrogens (tertiary/aromatic N) is 4. The summed E-state index contributed by atoms with van der Waals surface area (Å²) in [6.45, 7) is 9.90. The molecule has 21 heteroatoms. The maximum absolute atomic E-state index is 11.9. The molecule has 0 saturated heterocycles. The molecular weight excluding hydrogens is 644 g/mol. The highest BCUT2D eigenvalue weighted by molar-refractivity contribution is 7.87. The second-order valence-electron chi connectivity index (χ2n) is 11.1. The van der Waals surface area contributed by atoms with Crippen molar-refractivity contribution in [3.8, 4) is 0 Å². The molecular formula is C23H51N8O10S3+. The third-order valence-corrected chi connectivity index (χ3v) is 7.42. The van der Waals surface area contributed by atoms with Crippen LogP contribution in [-0.2, 0) is 40.1 Å². The van der Waals surface area contributed by atoms with Gasteiger partial charge in [0.25, 0.3) is 10.2 Å². The number of nitrogens with one attached hydrogen (secondary N) is 3. The Bertz CT molecular complexity index is 1340. The molecule has 5 N–H and O–H groups in total. The maximum atomic E-state index is 11.9. The summed E-state index contributed by atoms with van der Waals surface area (Å²) in [5.74, 6) is 0. The molecule has 0 aromatic carbocycles. The zero-order chi connectivity index (χ0) is 35.9. The third kappa shape index (κ3) is 23.6. The zero-order valence-electron chi connectivity index (χ0n) is 28.0. The molecule has 0 bridgehead atoms. The Balaban J connectivity index is -0.000000606. The number of hydrogen-bond acceptors (Lipinski definition) is 12. The van der Waals surface area contributed by atoms with Crippen LogP contribution in [0.4, 0.5) is 15.3 Å². The second kappa shape index (κ2) is 18.9. The van der Waals surface area contributed by atoms with Crippen LogP contribution in [0, 0.1) is 0 Å². The zero-order valence-corrected chi connectivity index (χ0v) is 30.4. The Labute approximate surface area is 263 Å². The molecule has 44 heavy (non-hydrogen) atoms. The fourth-order valence-corrected chi connectivity index (χ4v) is 3.05. The topological polar surface area (TPSA) is 231 Å². The number of amides is 2. The van der Waals surface area contributed by atoms with Gasteiger partial charge < -0.3 is 19.7 Å². The smallest absolute Gasteiger partial charge is 0.443 e. The van der Waals surface area contributed by atoms with Crippen molar-refractivity contribution in [1.29, 1.82) is 0 Å². The van der Waals surface area contributed by atoms with Crippen molar-refractivity contribution in [2.45, 2.75) is 52.7 Å². The fourth-order valence-electron chi connectivity index (χ4n) is 1.82. The van der Waals surface area contributed by atoms with E-state index in [1.165, 1.54) is 40.6 Å². The van der Waals surface area contributed by atoms with Crippen molar-refractivity contribution in [3.63, 3.8) is 0 Å². The second-order valence-corrected chi connectivity index (χ2v) is 16.3. The van der Waals surface area contributed by atoms with Crippen molar-refractivity contribution in [2.75, 3.05) is 61.3 Å². The number of rotatable bonds is 6. The molecule has 0 saturated carbocycles. The van der Waals surface area contributed by atoms with E-state index in [1.807, 2.05) is 37.8 Å². The highest BCUT2D eigenvalue weighted by atomic mass is 32.2. The van der Waals surface area contributed by atoms with Gasteiger partial charge in [-0.3, -0.25) is 0 Å². The highest BCUT2D eigenvalue weighted by Crippen LogP contribution is 2.08. The van der Waals surface area contributed by atoms with Gasteiger partial charge in [0, 0.05) is 60.1 Å². The Morgan fingerprint density at radius 1 is 0.727 bits per heavy atom. The van der Waals surface area contributed by atoms with Crippen LogP contribution in [0.25, 0.3) is 0 Å². The molecule has 0 fully saturated rings. The van der Waals surface area contributed by atoms with E-state index < -0.39 is 54.0 Å². The monoisotopic (exact) mass is 695 g/mol. The van der Waals surface area contributed by atoms with E-state index in [9.17, 15) is 34.8 Å². The van der Waals surface area contributed by atoms with Gasteiger partial charge in [-0.25, -0.2) is 19.5 Å². The minimum atomic E-state index is -4.00. The number of anilines is 1. The number of nitrogens with two attached hydrogens (primary N) is 1. The summed E-state index contributed by atoms with van der Waals surface area (Å²) >= 11 is 0. The van der Waals surface area contributed by atoms with Crippen molar-refractivity contribution in [2.24, 2.45) is 5.14 Å². The summed E-state index contributed by atoms with van der Waals surface area (Å²) in [5.41, 5.74) is -0.640. The molecule has 0 unspecified atom stereocenters. The van der Waals surface area contributed by atoms with Gasteiger partial charge in [-0.05, 0) is 55.6 Å². The SMILES string of the molecule is CN(C)S(=O)(=O)NC(=O)OC(C)(C)C.CN(C)S(N)(=O)=O.CN(C)c1cc[n+](S(=O)(=O)NC(=O)OC(C)(C)C)cc1.CNC. The molecule has 1 aromatic rings. The molecule has 260 valence electrons. The van der Waals surface area contributed by atoms with Gasteiger partial charge in [0.15, 0.2) is 12.4 Å². The summed E-state index contributed by atoms with van der Waals surface area (Å²) in [5, 5.41) is 7.33. The Morgan fingerprint density at radius 3 is 1.30 bits per heavy atom. The van der Waals surface area contributed by atoms with Gasteiger partial charge >= 0.3 is 32.6 Å². The lowest BCUT2D eigenvalue weighted by Gasteiger charge is -2.20. The quantitative estimate of drug-likeness (QED) is 0.278. The van der Waals surface area contributed by atoms with Crippen LogP contribution in [0.15, 0.2) is 24.5 Å². The van der Waals surface area contributed by atoms with Crippen LogP contribution in [0.3, 0.4) is 0 Å². The van der Waals surface area contributed by atoms with Crippen LogP contribution >= 0.6 is 0 Å². The molecule has 2 amide bonds. The molecule has 0 aliphatic carbocycles. The van der Waals surface area contributed by atoms with Crippen molar-refractivity contribution < 1.29 is 48.3 Å². The van der Waals surface area contributed by atoms with Gasteiger partial charge in [0.05, 0.1) is 0 Å². The number of hydrogen-bond donors (Lipinski definition) is 4. The van der Waals surface area contributed by atoms with E-state index in [-0.39, 0.29) is 0 Å². The molecule has 1 rings (SSSR count). The summed E-state index contributed by atoms with van der Waals surface area (Å²) in [6.07, 6.45) is 0.706. The minimum Gasteiger partial charge on any atom is -0.443 e. The summed E-state index contributed by atoms with van der Waals surface area (Å²) in [4.78, 5) is 24.4. The van der Waals surface area contributed by atoms with E-state index in [2.05, 4.69) is 10.5 Å². The maximum Gasteiger partial charge on any atom is 0.474 e. The lowest BCUT2D eigenvalue weighted by molar-refractivity contribution is -0.512. The summed E-state index contributed by atoms with van der Waals surface area (Å²) in [6, 6.07) is 3.24. The van der Waals surface area contributed by atoms with E-state index in [0.717, 1.165) is 18.3 Å². The van der Waals surface area contributed by atoms with Gasteiger partial charge in [-0.2, -0.15) is 30.2 Å². The lowest BCUT2D eigenvalue weighted by atomic mass is 10.2. The first-order chi connectivity index (χ1) is 19.4. The Hall–Kier alpha value is -2.82. The molecule has 0 aliphatic rings. The number of carbonyl (C=O) groups is 2. The van der Waals surface area contributed by atoms with Gasteiger partial charge in [0.1, 0.15) is 11.2 Å². The largest absolute Gasteiger partial charge is 0.474 e. The van der Waals surface area contributed by atoms with Crippen LogP contribution in [0.1, 0.15) is 41.5 Å². The number of aromatic nitrogens is 1. The summed E-state index contributed by atoms with van der Waals surface area (Å²) in [7, 11) is 1.63. The first-order valence-corrected chi connectivity index (χ1v) is 17.0. The average Bonchev–Trinajstić information content (AvgIpc) is 2.76. The molecule has 1 heterocycles. The number of carbonyl (C=O) groups excluding carboxylic acids is 2. The molecule has 1 aromatic heterocycles. The first kappa shape index (κ1) is 45.6. The van der Waals surface area contributed by atoms with Crippen LogP contribution in [0.2, 0.25) is 0 Å². The predicted octanol–water partition coefficient (Wildman–Crippen LogP) is -0.438. The van der Waals surface area contributed by atoms with Gasteiger partial charge in [-0.1, -0.05) is 3.97 Å². The average molecular weight is 696 g/mol. The molecule has 0 spiro atoms. The molecule has 0 aliphatic heterocycles.